The van der Waals surface area contributed by atoms with Gasteiger partial charge < -0.3 is 9.26 Å². The van der Waals surface area contributed by atoms with Gasteiger partial charge >= 0.3 is 0 Å². The molecular formula is C17H17N3O3S. The summed E-state index contributed by atoms with van der Waals surface area (Å²) in [5.74, 6) is 0.404. The summed E-state index contributed by atoms with van der Waals surface area (Å²) in [6.07, 6.45) is 2.01. The first-order chi connectivity index (χ1) is 11.7. The Kier molecular flexibility index (Phi) is 4.03. The minimum Gasteiger partial charge on any atom is -0.376 e. The second-order valence-electron chi connectivity index (χ2n) is 5.84. The number of thiazole rings is 1. The molecule has 1 atom stereocenters. The maximum Gasteiger partial charge on any atom is 0.282 e. The number of hydrogen-bond donors (Lipinski definition) is 0. The predicted octanol–water partition coefficient (Wildman–Crippen LogP) is 3.42. The second kappa shape index (κ2) is 6.33. The quantitative estimate of drug-likeness (QED) is 0.726. The van der Waals surface area contributed by atoms with Crippen LogP contribution >= 0.6 is 11.3 Å². The van der Waals surface area contributed by atoms with Gasteiger partial charge in [-0.1, -0.05) is 28.6 Å². The van der Waals surface area contributed by atoms with Gasteiger partial charge in [-0.05, 0) is 31.9 Å². The van der Waals surface area contributed by atoms with Gasteiger partial charge in [0, 0.05) is 12.7 Å². The van der Waals surface area contributed by atoms with Crippen LogP contribution in [0.15, 0.2) is 34.9 Å². The summed E-state index contributed by atoms with van der Waals surface area (Å²) in [5.41, 5.74) is 1.18. The Balaban J connectivity index is 1.69. The Hall–Kier alpha value is -2.25. The van der Waals surface area contributed by atoms with Crippen molar-refractivity contribution in [3.05, 3.63) is 41.8 Å². The maximum absolute atomic E-state index is 12.9. The van der Waals surface area contributed by atoms with E-state index in [1.165, 1.54) is 11.3 Å². The summed E-state index contributed by atoms with van der Waals surface area (Å²) in [7, 11) is 0. The SMILES string of the molecule is Cc1cc(C(=O)N(CC2CCCO2)c2nc3ccccc3s2)no1. The van der Waals surface area contributed by atoms with Gasteiger partial charge in [0.1, 0.15) is 5.76 Å². The van der Waals surface area contributed by atoms with Gasteiger partial charge in [0.25, 0.3) is 5.91 Å². The van der Waals surface area contributed by atoms with Crippen molar-refractivity contribution in [2.75, 3.05) is 18.1 Å². The van der Waals surface area contributed by atoms with Crippen LogP contribution in [0, 0.1) is 6.92 Å². The third-order valence-corrected chi connectivity index (χ3v) is 5.08. The molecule has 1 saturated heterocycles. The second-order valence-corrected chi connectivity index (χ2v) is 6.85. The molecular weight excluding hydrogens is 326 g/mol. The Labute approximate surface area is 143 Å². The molecule has 1 fully saturated rings. The van der Waals surface area contributed by atoms with Gasteiger partial charge in [0.2, 0.25) is 0 Å². The molecule has 0 aliphatic carbocycles. The van der Waals surface area contributed by atoms with E-state index in [0.29, 0.717) is 23.1 Å². The first-order valence-electron chi connectivity index (χ1n) is 7.93. The van der Waals surface area contributed by atoms with Crippen LogP contribution in [0.2, 0.25) is 0 Å². The van der Waals surface area contributed by atoms with E-state index in [9.17, 15) is 4.79 Å². The number of fused-ring (bicyclic) bond motifs is 1. The van der Waals surface area contributed by atoms with Crippen molar-refractivity contribution in [3.8, 4) is 0 Å². The van der Waals surface area contributed by atoms with Crippen molar-refractivity contribution in [2.24, 2.45) is 0 Å². The highest BCUT2D eigenvalue weighted by Crippen LogP contribution is 2.30. The molecule has 0 radical (unpaired) electrons. The molecule has 1 aromatic carbocycles. The van der Waals surface area contributed by atoms with Gasteiger partial charge in [0.15, 0.2) is 10.8 Å². The molecule has 2 aromatic heterocycles. The number of anilines is 1. The lowest BCUT2D eigenvalue weighted by Gasteiger charge is -2.21. The third-order valence-electron chi connectivity index (χ3n) is 4.02. The van der Waals surface area contributed by atoms with Gasteiger partial charge in [-0.15, -0.1) is 0 Å². The highest BCUT2D eigenvalue weighted by Gasteiger charge is 2.28. The molecule has 1 aliphatic heterocycles. The molecule has 1 aliphatic rings. The average Bonchev–Trinajstić information content (AvgIpc) is 3.32. The minimum atomic E-state index is -0.207. The Morgan fingerprint density at radius 1 is 1.42 bits per heavy atom. The van der Waals surface area contributed by atoms with E-state index in [2.05, 4.69) is 10.1 Å². The van der Waals surface area contributed by atoms with E-state index in [0.717, 1.165) is 29.7 Å². The van der Waals surface area contributed by atoms with Crippen LogP contribution in [0.1, 0.15) is 29.1 Å². The smallest absolute Gasteiger partial charge is 0.282 e. The fraction of sp³-hybridized carbons (Fsp3) is 0.353. The lowest BCUT2D eigenvalue weighted by Crippen LogP contribution is -2.37. The highest BCUT2D eigenvalue weighted by atomic mass is 32.1. The molecule has 3 heterocycles. The van der Waals surface area contributed by atoms with E-state index in [1.807, 2.05) is 24.3 Å². The van der Waals surface area contributed by atoms with Crippen molar-refractivity contribution in [3.63, 3.8) is 0 Å². The largest absolute Gasteiger partial charge is 0.376 e. The molecule has 6 nitrogen and oxygen atoms in total. The van der Waals surface area contributed by atoms with Crippen molar-refractivity contribution in [2.45, 2.75) is 25.9 Å². The number of aromatic nitrogens is 2. The van der Waals surface area contributed by atoms with E-state index in [1.54, 1.807) is 17.9 Å². The normalized spacial score (nSPS) is 17.5. The van der Waals surface area contributed by atoms with Crippen LogP contribution in [0.3, 0.4) is 0 Å². The predicted molar refractivity (Wildman–Crippen MR) is 91.5 cm³/mol. The molecule has 0 N–H and O–H groups in total. The average molecular weight is 343 g/mol. The molecule has 24 heavy (non-hydrogen) atoms. The maximum atomic E-state index is 12.9. The fourth-order valence-corrected chi connectivity index (χ4v) is 3.79. The number of ether oxygens (including phenoxy) is 1. The summed E-state index contributed by atoms with van der Waals surface area (Å²) in [6, 6.07) is 9.52. The first kappa shape index (κ1) is 15.3. The van der Waals surface area contributed by atoms with Crippen LogP contribution < -0.4 is 4.90 Å². The van der Waals surface area contributed by atoms with Crippen LogP contribution in [0.5, 0.6) is 0 Å². The minimum absolute atomic E-state index is 0.0361. The molecule has 124 valence electrons. The summed E-state index contributed by atoms with van der Waals surface area (Å²) in [4.78, 5) is 19.2. The van der Waals surface area contributed by atoms with Crippen molar-refractivity contribution < 1.29 is 14.1 Å². The zero-order chi connectivity index (χ0) is 16.5. The lowest BCUT2D eigenvalue weighted by molar-refractivity contribution is 0.0910. The Bertz CT molecular complexity index is 834. The Morgan fingerprint density at radius 2 is 2.29 bits per heavy atom. The first-order valence-corrected chi connectivity index (χ1v) is 8.75. The number of rotatable bonds is 4. The molecule has 4 rings (SSSR count). The van der Waals surface area contributed by atoms with Crippen LogP contribution in [-0.4, -0.2) is 35.3 Å². The molecule has 0 bridgehead atoms. The number of carbonyl (C=O) groups is 1. The van der Waals surface area contributed by atoms with Crippen LogP contribution in [-0.2, 0) is 4.74 Å². The van der Waals surface area contributed by atoms with Gasteiger partial charge in [-0.25, -0.2) is 4.98 Å². The van der Waals surface area contributed by atoms with E-state index in [4.69, 9.17) is 9.26 Å². The Morgan fingerprint density at radius 3 is 3.00 bits per heavy atom. The number of nitrogens with zero attached hydrogens (tertiary/aromatic N) is 3. The van der Waals surface area contributed by atoms with Crippen molar-refractivity contribution in [1.29, 1.82) is 0 Å². The lowest BCUT2D eigenvalue weighted by atomic mass is 10.2. The fourth-order valence-electron chi connectivity index (χ4n) is 2.82. The topological polar surface area (TPSA) is 68.5 Å². The van der Waals surface area contributed by atoms with E-state index in [-0.39, 0.29) is 12.0 Å². The highest BCUT2D eigenvalue weighted by molar-refractivity contribution is 7.22. The molecule has 0 spiro atoms. The molecule has 0 saturated carbocycles. The summed E-state index contributed by atoms with van der Waals surface area (Å²) >= 11 is 1.50. The van der Waals surface area contributed by atoms with E-state index >= 15 is 0 Å². The summed E-state index contributed by atoms with van der Waals surface area (Å²) in [5, 5.41) is 4.52. The number of hydrogen-bond acceptors (Lipinski definition) is 6. The number of amides is 1. The van der Waals surface area contributed by atoms with Crippen LogP contribution in [0.25, 0.3) is 10.2 Å². The zero-order valence-electron chi connectivity index (χ0n) is 13.3. The number of para-hydroxylation sites is 1. The van der Waals surface area contributed by atoms with Gasteiger partial charge in [0.05, 0.1) is 22.9 Å². The van der Waals surface area contributed by atoms with Crippen molar-refractivity contribution in [1.82, 2.24) is 10.1 Å². The van der Waals surface area contributed by atoms with Crippen LogP contribution in [0.4, 0.5) is 5.13 Å². The van der Waals surface area contributed by atoms with Gasteiger partial charge in [-0.2, -0.15) is 0 Å². The molecule has 7 heteroatoms. The number of carbonyl (C=O) groups excluding carboxylic acids is 1. The number of aryl methyl sites for hydroxylation is 1. The monoisotopic (exact) mass is 343 g/mol. The van der Waals surface area contributed by atoms with E-state index < -0.39 is 0 Å². The molecule has 3 aromatic rings. The standard InChI is InChI=1S/C17H17N3O3S/c1-11-9-14(19-23-11)16(21)20(10-12-5-4-8-22-12)17-18-13-6-2-3-7-15(13)24-17/h2-3,6-7,9,12H,4-5,8,10H2,1H3. The molecule has 1 unspecified atom stereocenters. The molecule has 1 amide bonds. The third kappa shape index (κ3) is 2.92. The summed E-state index contributed by atoms with van der Waals surface area (Å²) < 4.78 is 11.8. The van der Waals surface area contributed by atoms with Crippen molar-refractivity contribution >= 4 is 32.6 Å². The number of benzene rings is 1. The summed E-state index contributed by atoms with van der Waals surface area (Å²) in [6.45, 7) is 2.99. The van der Waals surface area contributed by atoms with Gasteiger partial charge in [-0.3, -0.25) is 9.69 Å². The zero-order valence-corrected chi connectivity index (χ0v) is 14.1.